The van der Waals surface area contributed by atoms with E-state index in [0.717, 1.165) is 32.2 Å². The molecule has 1 heterocycles. The molecular weight excluding hydrogens is 386 g/mol. The molecule has 2 unspecified atom stereocenters. The number of carboxylic acids is 1. The van der Waals surface area contributed by atoms with Gasteiger partial charge in [-0.15, -0.1) is 0 Å². The molecule has 2 aliphatic rings. The lowest BCUT2D eigenvalue weighted by molar-refractivity contribution is -0.141. The highest BCUT2D eigenvalue weighted by Gasteiger charge is 2.38. The highest BCUT2D eigenvalue weighted by atomic mass is 32.2. The standard InChI is InChI=1S/C18H29N3O6S/c1-18(8-4-3-5-15(18)16(22)23)20-17(24)27-13-14-6-10-21(11-7-14)12-9-19-28(2,25)26/h3-5,8,14-15,19H,6-7,9-13H2,1-2H3,(H,20,24)(H,22,23). The molecule has 0 bridgehead atoms. The quantitative estimate of drug-likeness (QED) is 0.529. The van der Waals surface area contributed by atoms with Crippen LogP contribution in [0.3, 0.4) is 0 Å². The van der Waals surface area contributed by atoms with E-state index >= 15 is 0 Å². The van der Waals surface area contributed by atoms with Crippen LogP contribution in [-0.2, 0) is 19.6 Å². The fourth-order valence-electron chi connectivity index (χ4n) is 3.41. The monoisotopic (exact) mass is 415 g/mol. The smallest absolute Gasteiger partial charge is 0.407 e. The number of nitrogens with one attached hydrogen (secondary N) is 2. The van der Waals surface area contributed by atoms with Gasteiger partial charge >= 0.3 is 12.1 Å². The molecule has 0 aromatic heterocycles. The molecule has 1 amide bonds. The first-order chi connectivity index (χ1) is 13.1. The number of carbonyl (C=O) groups excluding carboxylic acids is 1. The van der Waals surface area contributed by atoms with Crippen LogP contribution < -0.4 is 10.0 Å². The minimum atomic E-state index is -3.17. The second-order valence-corrected chi connectivity index (χ2v) is 9.35. The van der Waals surface area contributed by atoms with Gasteiger partial charge in [0, 0.05) is 13.1 Å². The number of carbonyl (C=O) groups is 2. The van der Waals surface area contributed by atoms with E-state index < -0.39 is 33.5 Å². The van der Waals surface area contributed by atoms with Crippen molar-refractivity contribution in [1.82, 2.24) is 14.9 Å². The summed E-state index contributed by atoms with van der Waals surface area (Å²) in [6.45, 7) is 4.58. The van der Waals surface area contributed by atoms with Gasteiger partial charge in [-0.3, -0.25) is 4.79 Å². The Kier molecular flexibility index (Phi) is 7.62. The summed E-state index contributed by atoms with van der Waals surface area (Å²) in [6, 6.07) is 0. The minimum absolute atomic E-state index is 0.231. The lowest BCUT2D eigenvalue weighted by Crippen LogP contribution is -2.53. The SMILES string of the molecule is CC1(NC(=O)OCC2CCN(CCNS(C)(=O)=O)CC2)C=CC=CC1C(=O)O. The van der Waals surface area contributed by atoms with E-state index in [1.54, 1.807) is 25.2 Å². The maximum absolute atomic E-state index is 12.2. The van der Waals surface area contributed by atoms with Crippen molar-refractivity contribution in [3.63, 3.8) is 0 Å². The number of alkyl carbamates (subject to hydrolysis) is 1. The average Bonchev–Trinajstić information content (AvgIpc) is 2.59. The average molecular weight is 416 g/mol. The van der Waals surface area contributed by atoms with Crippen LogP contribution in [0, 0.1) is 11.8 Å². The van der Waals surface area contributed by atoms with Crippen LogP contribution in [0.25, 0.3) is 0 Å². The van der Waals surface area contributed by atoms with Crippen molar-refractivity contribution in [3.8, 4) is 0 Å². The summed E-state index contributed by atoms with van der Waals surface area (Å²) in [6.07, 6.45) is 8.75. The van der Waals surface area contributed by atoms with Gasteiger partial charge in [0.25, 0.3) is 0 Å². The second kappa shape index (κ2) is 9.53. The Bertz CT molecular complexity index is 728. The maximum atomic E-state index is 12.2. The van der Waals surface area contributed by atoms with Gasteiger partial charge < -0.3 is 20.1 Å². The van der Waals surface area contributed by atoms with E-state index in [1.807, 2.05) is 0 Å². The zero-order valence-corrected chi connectivity index (χ0v) is 17.1. The number of allylic oxidation sites excluding steroid dienone is 2. The van der Waals surface area contributed by atoms with Crippen molar-refractivity contribution in [2.75, 3.05) is 39.0 Å². The number of rotatable bonds is 8. The molecule has 2 atom stereocenters. The molecular formula is C18H29N3O6S. The summed E-state index contributed by atoms with van der Waals surface area (Å²) >= 11 is 0. The van der Waals surface area contributed by atoms with Gasteiger partial charge in [0.15, 0.2) is 0 Å². The molecule has 0 spiro atoms. The van der Waals surface area contributed by atoms with Gasteiger partial charge in [0.1, 0.15) is 5.92 Å². The molecule has 1 saturated heterocycles. The first-order valence-electron chi connectivity index (χ1n) is 9.30. The molecule has 0 saturated carbocycles. The van der Waals surface area contributed by atoms with Crippen molar-refractivity contribution in [2.45, 2.75) is 25.3 Å². The van der Waals surface area contributed by atoms with Crippen LogP contribution in [0.5, 0.6) is 0 Å². The molecule has 0 aromatic rings. The summed E-state index contributed by atoms with van der Waals surface area (Å²) in [4.78, 5) is 25.7. The lowest BCUT2D eigenvalue weighted by atomic mass is 9.82. The fraction of sp³-hybridized carbons (Fsp3) is 0.667. The summed E-state index contributed by atoms with van der Waals surface area (Å²) < 4.78 is 29.9. The molecule has 9 nitrogen and oxygen atoms in total. The Labute approximate surface area is 165 Å². The van der Waals surface area contributed by atoms with Crippen LogP contribution in [0.4, 0.5) is 4.79 Å². The molecule has 28 heavy (non-hydrogen) atoms. The number of piperidine rings is 1. The van der Waals surface area contributed by atoms with Crippen LogP contribution >= 0.6 is 0 Å². The fourth-order valence-corrected chi connectivity index (χ4v) is 3.87. The molecule has 0 radical (unpaired) electrons. The van der Waals surface area contributed by atoms with Gasteiger partial charge in [0.05, 0.1) is 18.4 Å². The molecule has 1 aliphatic carbocycles. The predicted molar refractivity (Wildman–Crippen MR) is 104 cm³/mol. The first kappa shape index (κ1) is 22.4. The number of amides is 1. The van der Waals surface area contributed by atoms with E-state index in [9.17, 15) is 23.1 Å². The van der Waals surface area contributed by atoms with Crippen molar-refractivity contribution in [3.05, 3.63) is 24.3 Å². The zero-order chi connectivity index (χ0) is 20.8. The summed E-state index contributed by atoms with van der Waals surface area (Å²) in [7, 11) is -3.17. The molecule has 2 rings (SSSR count). The highest BCUT2D eigenvalue weighted by molar-refractivity contribution is 7.88. The van der Waals surface area contributed by atoms with Crippen LogP contribution in [0.1, 0.15) is 19.8 Å². The van der Waals surface area contributed by atoms with Crippen molar-refractivity contribution < 1.29 is 27.9 Å². The number of carboxylic acid groups (broad SMARTS) is 1. The van der Waals surface area contributed by atoms with E-state index in [4.69, 9.17) is 4.74 Å². The normalized spacial score (nSPS) is 26.1. The number of ether oxygens (including phenoxy) is 1. The Morgan fingerprint density at radius 2 is 1.96 bits per heavy atom. The predicted octanol–water partition coefficient (Wildman–Crippen LogP) is 0.559. The second-order valence-electron chi connectivity index (χ2n) is 7.52. The lowest BCUT2D eigenvalue weighted by Gasteiger charge is -2.34. The third-order valence-corrected chi connectivity index (χ3v) is 5.82. The first-order valence-corrected chi connectivity index (χ1v) is 11.2. The van der Waals surface area contributed by atoms with Gasteiger partial charge in [-0.05, 0) is 38.8 Å². The summed E-state index contributed by atoms with van der Waals surface area (Å²) in [5.41, 5.74) is -1.03. The maximum Gasteiger partial charge on any atom is 0.407 e. The topological polar surface area (TPSA) is 125 Å². The van der Waals surface area contributed by atoms with Gasteiger partial charge in [-0.25, -0.2) is 17.9 Å². The third kappa shape index (κ3) is 6.92. The number of hydrogen-bond donors (Lipinski definition) is 3. The number of sulfonamides is 1. The number of aliphatic carboxylic acids is 1. The van der Waals surface area contributed by atoms with Crippen LogP contribution in [0.15, 0.2) is 24.3 Å². The largest absolute Gasteiger partial charge is 0.481 e. The van der Waals surface area contributed by atoms with Crippen LogP contribution in [-0.4, -0.2) is 75.1 Å². The van der Waals surface area contributed by atoms with Crippen molar-refractivity contribution in [2.24, 2.45) is 11.8 Å². The molecule has 1 fully saturated rings. The molecule has 10 heteroatoms. The van der Waals surface area contributed by atoms with E-state index in [0.29, 0.717) is 13.1 Å². The van der Waals surface area contributed by atoms with Crippen molar-refractivity contribution >= 4 is 22.1 Å². The summed E-state index contributed by atoms with van der Waals surface area (Å²) in [5.74, 6) is -1.63. The number of hydrogen-bond acceptors (Lipinski definition) is 6. The molecule has 3 N–H and O–H groups in total. The van der Waals surface area contributed by atoms with Crippen molar-refractivity contribution in [1.29, 1.82) is 0 Å². The Hall–Kier alpha value is -1.91. The van der Waals surface area contributed by atoms with Gasteiger partial charge in [-0.1, -0.05) is 24.3 Å². The minimum Gasteiger partial charge on any atom is -0.481 e. The van der Waals surface area contributed by atoms with E-state index in [1.165, 1.54) is 6.08 Å². The Morgan fingerprint density at radius 1 is 1.29 bits per heavy atom. The number of nitrogens with zero attached hydrogens (tertiary/aromatic N) is 1. The summed E-state index contributed by atoms with van der Waals surface area (Å²) in [5, 5.41) is 12.0. The Morgan fingerprint density at radius 3 is 2.57 bits per heavy atom. The van der Waals surface area contributed by atoms with Gasteiger partial charge in [-0.2, -0.15) is 0 Å². The molecule has 1 aliphatic heterocycles. The van der Waals surface area contributed by atoms with E-state index in [2.05, 4.69) is 14.9 Å². The highest BCUT2D eigenvalue weighted by Crippen LogP contribution is 2.25. The zero-order valence-electron chi connectivity index (χ0n) is 16.3. The third-order valence-electron chi connectivity index (χ3n) is 5.09. The van der Waals surface area contributed by atoms with Crippen LogP contribution in [0.2, 0.25) is 0 Å². The van der Waals surface area contributed by atoms with Gasteiger partial charge in [0.2, 0.25) is 10.0 Å². The number of likely N-dealkylation sites (tertiary alicyclic amines) is 1. The van der Waals surface area contributed by atoms with E-state index in [-0.39, 0.29) is 12.5 Å². The molecule has 0 aromatic carbocycles. The Balaban J connectivity index is 1.70. The molecule has 158 valence electrons.